The summed E-state index contributed by atoms with van der Waals surface area (Å²) >= 11 is 0. The summed E-state index contributed by atoms with van der Waals surface area (Å²) in [4.78, 5) is 16.8. The van der Waals surface area contributed by atoms with Crippen molar-refractivity contribution in [2.45, 2.75) is 19.1 Å². The first-order chi connectivity index (χ1) is 11.6. The lowest BCUT2D eigenvalue weighted by molar-refractivity contribution is -0.145. The van der Waals surface area contributed by atoms with Crippen LogP contribution in [0.15, 0.2) is 24.4 Å². The van der Waals surface area contributed by atoms with Crippen molar-refractivity contribution in [1.82, 2.24) is 14.7 Å². The lowest BCUT2D eigenvalue weighted by Gasteiger charge is -2.36. The number of aryl methyl sites for hydroxylation is 1. The quantitative estimate of drug-likeness (QED) is 0.885. The zero-order valence-electron chi connectivity index (χ0n) is 14.2. The molecular weight excluding hydrogens is 310 g/mol. The van der Waals surface area contributed by atoms with Gasteiger partial charge in [0.15, 0.2) is 0 Å². The first kappa shape index (κ1) is 16.9. The van der Waals surface area contributed by atoms with Gasteiger partial charge in [0, 0.05) is 38.6 Å². The highest BCUT2D eigenvalue weighted by Crippen LogP contribution is 2.20. The normalized spacial score (nSPS) is 24.2. The zero-order chi connectivity index (χ0) is 17.1. The van der Waals surface area contributed by atoms with Crippen molar-refractivity contribution < 1.29 is 19.0 Å². The van der Waals surface area contributed by atoms with Gasteiger partial charge >= 0.3 is 0 Å². The monoisotopic (exact) mass is 333 g/mol. The van der Waals surface area contributed by atoms with E-state index in [1.807, 2.05) is 29.5 Å². The average Bonchev–Trinajstić information content (AvgIpc) is 3.05. The van der Waals surface area contributed by atoms with Gasteiger partial charge in [-0.1, -0.05) is 6.07 Å². The van der Waals surface area contributed by atoms with Crippen LogP contribution in [0, 0.1) is 12.8 Å². The van der Waals surface area contributed by atoms with E-state index < -0.39 is 0 Å². The number of methoxy groups -OCH3 is 2. The number of carbonyl (C=O) groups excluding carboxylic acids is 1. The number of amides is 1. The minimum Gasteiger partial charge on any atom is -0.378 e. The number of carbonyl (C=O) groups is 1. The molecule has 7 heteroatoms. The zero-order valence-corrected chi connectivity index (χ0v) is 14.2. The summed E-state index contributed by atoms with van der Waals surface area (Å²) < 4.78 is 18.4. The van der Waals surface area contributed by atoms with Gasteiger partial charge in [-0.3, -0.25) is 4.79 Å². The van der Waals surface area contributed by atoms with E-state index in [0.29, 0.717) is 25.5 Å². The fourth-order valence-electron chi connectivity index (χ4n) is 3.12. The summed E-state index contributed by atoms with van der Waals surface area (Å²) in [6, 6.07) is 5.78. The minimum atomic E-state index is -0.201. The second-order valence-electron chi connectivity index (χ2n) is 6.00. The Kier molecular flexibility index (Phi) is 5.13. The highest BCUT2D eigenvalue weighted by molar-refractivity contribution is 5.92. The molecule has 7 nitrogen and oxygen atoms in total. The number of aromatic nitrogens is 2. The van der Waals surface area contributed by atoms with Crippen molar-refractivity contribution in [3.63, 3.8) is 0 Å². The van der Waals surface area contributed by atoms with Crippen molar-refractivity contribution in [2.24, 2.45) is 5.92 Å². The predicted octanol–water partition coefficient (Wildman–Crippen LogP) is 1.05. The first-order valence-corrected chi connectivity index (χ1v) is 8.00. The highest BCUT2D eigenvalue weighted by atomic mass is 16.6. The second-order valence-corrected chi connectivity index (χ2v) is 6.00. The summed E-state index contributed by atoms with van der Waals surface area (Å²) in [5.41, 5.74) is 2.19. The Bertz CT molecular complexity index is 715. The minimum absolute atomic E-state index is 0.0383. The molecule has 3 heterocycles. The number of nitrogens with one attached hydrogen (secondary N) is 1. The van der Waals surface area contributed by atoms with Gasteiger partial charge < -0.3 is 23.9 Å². The van der Waals surface area contributed by atoms with E-state index in [0.717, 1.165) is 11.3 Å². The summed E-state index contributed by atoms with van der Waals surface area (Å²) in [6.07, 6.45) is 1.53. The molecular formula is C17H23N3O4. The van der Waals surface area contributed by atoms with Crippen LogP contribution in [0.2, 0.25) is 0 Å². The van der Waals surface area contributed by atoms with Crippen LogP contribution in [0.25, 0.3) is 5.65 Å². The molecule has 0 aromatic carbocycles. The molecule has 0 radical (unpaired) electrons. The average molecular weight is 333 g/mol. The van der Waals surface area contributed by atoms with Crippen molar-refractivity contribution in [3.05, 3.63) is 35.8 Å². The van der Waals surface area contributed by atoms with E-state index in [2.05, 4.69) is 10.3 Å². The number of nitrogens with zero attached hydrogens (tertiary/aromatic N) is 2. The van der Waals surface area contributed by atoms with Crippen molar-refractivity contribution in [3.8, 4) is 0 Å². The van der Waals surface area contributed by atoms with Crippen LogP contribution in [0.1, 0.15) is 16.2 Å². The topological polar surface area (TPSA) is 74.1 Å². The Morgan fingerprint density at radius 3 is 2.92 bits per heavy atom. The molecule has 0 unspecified atom stereocenters. The molecule has 1 N–H and O–H groups in total. The van der Waals surface area contributed by atoms with Crippen LogP contribution in [0.3, 0.4) is 0 Å². The van der Waals surface area contributed by atoms with E-state index in [9.17, 15) is 4.79 Å². The van der Waals surface area contributed by atoms with Crippen LogP contribution in [-0.4, -0.2) is 61.5 Å². The molecule has 0 aliphatic carbocycles. The largest absolute Gasteiger partial charge is 0.378 e. The summed E-state index contributed by atoms with van der Waals surface area (Å²) in [5.74, 6) is -0.163. The van der Waals surface area contributed by atoms with Crippen molar-refractivity contribution in [1.29, 1.82) is 0 Å². The van der Waals surface area contributed by atoms with Gasteiger partial charge in [-0.25, -0.2) is 4.98 Å². The van der Waals surface area contributed by atoms with Gasteiger partial charge in [0.1, 0.15) is 17.4 Å². The van der Waals surface area contributed by atoms with Gasteiger partial charge in [-0.2, -0.15) is 0 Å². The van der Waals surface area contributed by atoms with E-state index in [1.165, 1.54) is 0 Å². The third-order valence-corrected chi connectivity index (χ3v) is 4.47. The van der Waals surface area contributed by atoms with Gasteiger partial charge in [0.2, 0.25) is 0 Å². The first-order valence-electron chi connectivity index (χ1n) is 8.00. The Morgan fingerprint density at radius 2 is 2.21 bits per heavy atom. The molecule has 2 aromatic heterocycles. The van der Waals surface area contributed by atoms with Gasteiger partial charge in [-0.15, -0.1) is 0 Å². The van der Waals surface area contributed by atoms with Crippen molar-refractivity contribution >= 4 is 11.6 Å². The predicted molar refractivity (Wildman–Crippen MR) is 88.2 cm³/mol. The Labute approximate surface area is 140 Å². The Morgan fingerprint density at radius 1 is 1.38 bits per heavy atom. The fraction of sp³-hybridized carbons (Fsp3) is 0.529. The smallest absolute Gasteiger partial charge is 0.271 e. The van der Waals surface area contributed by atoms with Crippen LogP contribution < -0.4 is 5.32 Å². The standard InChI is InChI=1S/C17H23N3O4/c1-11-5-4-6-15-19-13(8-20(11)15)17(21)18-7-12-9-24-10-14(22-2)16(12)23-3/h4-6,8,12,14,16H,7,9-10H2,1-3H3,(H,18,21)/t12-,14-,16+/m1/s1. The molecule has 3 atom stereocenters. The molecule has 1 amide bonds. The molecule has 1 aliphatic rings. The van der Waals surface area contributed by atoms with Crippen LogP contribution in [0.4, 0.5) is 0 Å². The van der Waals surface area contributed by atoms with Gasteiger partial charge in [0.25, 0.3) is 5.91 Å². The summed E-state index contributed by atoms with van der Waals surface area (Å²) in [5, 5.41) is 2.93. The number of pyridine rings is 1. The SMILES string of the molecule is CO[C@H]1[C@H](CNC(=O)c2cn3c(C)cccc3n2)COC[C@H]1OC. The van der Waals surface area contributed by atoms with Crippen molar-refractivity contribution in [2.75, 3.05) is 34.0 Å². The number of imidazole rings is 1. The molecule has 130 valence electrons. The molecule has 1 saturated heterocycles. The van der Waals surface area contributed by atoms with E-state index in [4.69, 9.17) is 14.2 Å². The second kappa shape index (κ2) is 7.29. The third-order valence-electron chi connectivity index (χ3n) is 4.47. The Balaban J connectivity index is 1.66. The van der Waals surface area contributed by atoms with Crippen LogP contribution >= 0.6 is 0 Å². The molecule has 2 aromatic rings. The number of ether oxygens (including phenoxy) is 3. The van der Waals surface area contributed by atoms with Crippen LogP contribution in [-0.2, 0) is 14.2 Å². The fourth-order valence-corrected chi connectivity index (χ4v) is 3.12. The maximum absolute atomic E-state index is 12.4. The number of rotatable bonds is 5. The van der Waals surface area contributed by atoms with E-state index in [1.54, 1.807) is 20.4 Å². The van der Waals surface area contributed by atoms with Gasteiger partial charge in [-0.05, 0) is 19.1 Å². The van der Waals surface area contributed by atoms with E-state index >= 15 is 0 Å². The van der Waals surface area contributed by atoms with E-state index in [-0.39, 0.29) is 24.0 Å². The molecule has 1 aliphatic heterocycles. The Hall–Kier alpha value is -1.96. The molecule has 3 rings (SSSR count). The lowest BCUT2D eigenvalue weighted by atomic mass is 9.96. The molecule has 0 bridgehead atoms. The maximum atomic E-state index is 12.4. The molecule has 24 heavy (non-hydrogen) atoms. The van der Waals surface area contributed by atoms with Gasteiger partial charge in [0.05, 0.1) is 19.3 Å². The summed E-state index contributed by atoms with van der Waals surface area (Å²) in [6.45, 7) is 3.46. The number of hydrogen-bond donors (Lipinski definition) is 1. The molecule has 0 saturated carbocycles. The molecule has 0 spiro atoms. The third kappa shape index (κ3) is 3.28. The number of fused-ring (bicyclic) bond motifs is 1. The lowest BCUT2D eigenvalue weighted by Crippen LogP contribution is -2.50. The van der Waals surface area contributed by atoms with Crippen LogP contribution in [0.5, 0.6) is 0 Å². The highest BCUT2D eigenvalue weighted by Gasteiger charge is 2.34. The number of hydrogen-bond acceptors (Lipinski definition) is 5. The summed E-state index contributed by atoms with van der Waals surface area (Å²) in [7, 11) is 3.29. The maximum Gasteiger partial charge on any atom is 0.271 e. The molecule has 1 fully saturated rings.